The lowest BCUT2D eigenvalue weighted by Crippen LogP contribution is -2.52. The lowest BCUT2D eigenvalue weighted by Gasteiger charge is -2.34. The Morgan fingerprint density at radius 1 is 1.60 bits per heavy atom. The van der Waals surface area contributed by atoms with Crippen molar-refractivity contribution in [2.75, 3.05) is 19.8 Å². The molecule has 0 radical (unpaired) electrons. The number of aliphatic carboxylic acids is 1. The van der Waals surface area contributed by atoms with E-state index in [1.807, 2.05) is 18.4 Å². The number of amides is 2. The van der Waals surface area contributed by atoms with Crippen LogP contribution in [0, 0.1) is 6.92 Å². The number of carboxylic acids is 1. The molecule has 0 spiro atoms. The van der Waals surface area contributed by atoms with E-state index >= 15 is 0 Å². The second-order valence-corrected chi connectivity index (χ2v) is 5.71. The van der Waals surface area contributed by atoms with E-state index in [1.54, 1.807) is 16.2 Å². The van der Waals surface area contributed by atoms with Crippen molar-refractivity contribution < 1.29 is 19.4 Å². The molecule has 1 aromatic heterocycles. The zero-order chi connectivity index (χ0) is 14.5. The van der Waals surface area contributed by atoms with Crippen LogP contribution in [0.1, 0.15) is 16.9 Å². The fourth-order valence-electron chi connectivity index (χ4n) is 2.14. The zero-order valence-electron chi connectivity index (χ0n) is 11.3. The second kappa shape index (κ2) is 6.71. The molecule has 2 amide bonds. The first-order valence-electron chi connectivity index (χ1n) is 6.45. The Morgan fingerprint density at radius 3 is 3.05 bits per heavy atom. The van der Waals surface area contributed by atoms with E-state index in [0.717, 1.165) is 10.4 Å². The molecular weight excluding hydrogens is 280 g/mol. The molecule has 6 nitrogen and oxygen atoms in total. The molecule has 20 heavy (non-hydrogen) atoms. The molecule has 0 bridgehead atoms. The van der Waals surface area contributed by atoms with Crippen LogP contribution in [0.25, 0.3) is 0 Å². The zero-order valence-corrected chi connectivity index (χ0v) is 12.1. The predicted molar refractivity (Wildman–Crippen MR) is 74.9 cm³/mol. The van der Waals surface area contributed by atoms with Crippen molar-refractivity contribution >= 4 is 23.3 Å². The summed E-state index contributed by atoms with van der Waals surface area (Å²) in [7, 11) is 0. The van der Waals surface area contributed by atoms with Gasteiger partial charge >= 0.3 is 12.0 Å². The summed E-state index contributed by atoms with van der Waals surface area (Å²) in [5.41, 5.74) is 1.15. The molecule has 2 heterocycles. The summed E-state index contributed by atoms with van der Waals surface area (Å²) in [5, 5.41) is 13.7. The number of urea groups is 1. The lowest BCUT2D eigenvalue weighted by molar-refractivity contribution is -0.139. The number of carbonyl (C=O) groups is 2. The monoisotopic (exact) mass is 298 g/mol. The van der Waals surface area contributed by atoms with Crippen LogP contribution >= 0.6 is 11.3 Å². The molecular formula is C13H18N2O4S. The lowest BCUT2D eigenvalue weighted by atomic mass is 10.1. The summed E-state index contributed by atoms with van der Waals surface area (Å²) >= 11 is 1.60. The first kappa shape index (κ1) is 14.8. The Bertz CT molecular complexity index is 488. The standard InChI is InChI=1S/C13H18N2O4S/c1-9-2-5-20-11(9)7-14-13(18)15-3-4-19-8-10(15)6-12(16)17/h2,5,10H,3-4,6-8H2,1H3,(H,14,18)(H,16,17). The van der Waals surface area contributed by atoms with Crippen molar-refractivity contribution in [3.05, 3.63) is 21.9 Å². The molecule has 110 valence electrons. The summed E-state index contributed by atoms with van der Waals surface area (Å²) in [4.78, 5) is 25.6. The van der Waals surface area contributed by atoms with Crippen LogP contribution in [0.5, 0.6) is 0 Å². The summed E-state index contributed by atoms with van der Waals surface area (Å²) in [6, 6.07) is 1.38. The average Bonchev–Trinajstić information content (AvgIpc) is 2.81. The normalized spacial score (nSPS) is 18.9. The number of ether oxygens (including phenoxy) is 1. The maximum atomic E-state index is 12.2. The minimum absolute atomic E-state index is 0.0918. The maximum absolute atomic E-state index is 12.2. The van der Waals surface area contributed by atoms with Crippen molar-refractivity contribution in [2.45, 2.75) is 25.9 Å². The second-order valence-electron chi connectivity index (χ2n) is 4.71. The van der Waals surface area contributed by atoms with Gasteiger partial charge in [-0.3, -0.25) is 4.79 Å². The van der Waals surface area contributed by atoms with Crippen LogP contribution in [0.4, 0.5) is 4.79 Å². The maximum Gasteiger partial charge on any atom is 0.318 e. The SMILES string of the molecule is Cc1ccsc1CNC(=O)N1CCOCC1CC(=O)O. The van der Waals surface area contributed by atoms with Crippen LogP contribution in [0.15, 0.2) is 11.4 Å². The smallest absolute Gasteiger partial charge is 0.318 e. The fraction of sp³-hybridized carbons (Fsp3) is 0.538. The molecule has 0 saturated carbocycles. The first-order chi connectivity index (χ1) is 9.58. The van der Waals surface area contributed by atoms with Crippen LogP contribution in [0.2, 0.25) is 0 Å². The summed E-state index contributed by atoms with van der Waals surface area (Å²) in [5.74, 6) is -0.924. The average molecular weight is 298 g/mol. The number of carbonyl (C=O) groups excluding carboxylic acids is 1. The predicted octanol–water partition coefficient (Wildman–Crippen LogP) is 1.44. The van der Waals surface area contributed by atoms with Gasteiger partial charge in [0, 0.05) is 11.4 Å². The van der Waals surface area contributed by atoms with Gasteiger partial charge in [0.05, 0.1) is 32.2 Å². The van der Waals surface area contributed by atoms with E-state index in [0.29, 0.717) is 19.7 Å². The number of hydrogen-bond donors (Lipinski definition) is 2. The third-order valence-corrected chi connectivity index (χ3v) is 4.29. The molecule has 2 rings (SSSR count). The third kappa shape index (κ3) is 3.71. The first-order valence-corrected chi connectivity index (χ1v) is 7.33. The quantitative estimate of drug-likeness (QED) is 0.881. The van der Waals surface area contributed by atoms with Crippen LogP contribution < -0.4 is 5.32 Å². The Kier molecular flexibility index (Phi) is 4.97. The van der Waals surface area contributed by atoms with E-state index in [4.69, 9.17) is 9.84 Å². The van der Waals surface area contributed by atoms with E-state index < -0.39 is 12.0 Å². The number of nitrogens with one attached hydrogen (secondary N) is 1. The number of aryl methyl sites for hydroxylation is 1. The largest absolute Gasteiger partial charge is 0.481 e. The van der Waals surface area contributed by atoms with E-state index in [2.05, 4.69) is 5.32 Å². The molecule has 2 N–H and O–H groups in total. The van der Waals surface area contributed by atoms with Gasteiger partial charge in [0.25, 0.3) is 0 Å². The number of rotatable bonds is 4. The van der Waals surface area contributed by atoms with Gasteiger partial charge in [0.15, 0.2) is 0 Å². The third-order valence-electron chi connectivity index (χ3n) is 3.27. The Morgan fingerprint density at radius 2 is 2.40 bits per heavy atom. The van der Waals surface area contributed by atoms with Gasteiger partial charge in [0.2, 0.25) is 0 Å². The van der Waals surface area contributed by atoms with Gasteiger partial charge in [-0.2, -0.15) is 0 Å². The molecule has 0 aromatic carbocycles. The molecule has 1 aromatic rings. The molecule has 7 heteroatoms. The number of nitrogens with zero attached hydrogens (tertiary/aromatic N) is 1. The highest BCUT2D eigenvalue weighted by Crippen LogP contribution is 2.16. The van der Waals surface area contributed by atoms with Gasteiger partial charge in [-0.15, -0.1) is 11.3 Å². The molecule has 1 aliphatic heterocycles. The van der Waals surface area contributed by atoms with Crippen LogP contribution in [0.3, 0.4) is 0 Å². The van der Waals surface area contributed by atoms with Crippen molar-refractivity contribution in [2.24, 2.45) is 0 Å². The highest BCUT2D eigenvalue weighted by atomic mass is 32.1. The minimum Gasteiger partial charge on any atom is -0.481 e. The molecule has 0 aliphatic carbocycles. The Balaban J connectivity index is 1.92. The Hall–Kier alpha value is -1.60. The minimum atomic E-state index is -0.924. The molecule has 1 fully saturated rings. The summed E-state index contributed by atoms with van der Waals surface area (Å²) < 4.78 is 5.25. The molecule has 1 unspecified atom stereocenters. The fourth-order valence-corrected chi connectivity index (χ4v) is 2.98. The Labute approximate surface area is 121 Å². The van der Waals surface area contributed by atoms with Crippen molar-refractivity contribution in [1.82, 2.24) is 10.2 Å². The van der Waals surface area contributed by atoms with Crippen LogP contribution in [-0.2, 0) is 16.1 Å². The molecule has 1 saturated heterocycles. The van der Waals surface area contributed by atoms with Gasteiger partial charge in [-0.25, -0.2) is 4.79 Å². The van der Waals surface area contributed by atoms with Gasteiger partial charge in [-0.05, 0) is 23.9 Å². The number of thiophene rings is 1. The highest BCUT2D eigenvalue weighted by molar-refractivity contribution is 7.10. The van der Waals surface area contributed by atoms with Gasteiger partial charge in [0.1, 0.15) is 0 Å². The van der Waals surface area contributed by atoms with E-state index in [9.17, 15) is 9.59 Å². The molecule has 1 atom stereocenters. The van der Waals surface area contributed by atoms with E-state index in [1.165, 1.54) is 0 Å². The van der Waals surface area contributed by atoms with Crippen LogP contribution in [-0.4, -0.2) is 47.8 Å². The number of hydrogen-bond acceptors (Lipinski definition) is 4. The molecule has 1 aliphatic rings. The van der Waals surface area contributed by atoms with E-state index in [-0.39, 0.29) is 19.1 Å². The van der Waals surface area contributed by atoms with Crippen molar-refractivity contribution in [1.29, 1.82) is 0 Å². The highest BCUT2D eigenvalue weighted by Gasteiger charge is 2.29. The van der Waals surface area contributed by atoms with Crippen molar-refractivity contribution in [3.8, 4) is 0 Å². The topological polar surface area (TPSA) is 78.9 Å². The van der Waals surface area contributed by atoms with Gasteiger partial charge < -0.3 is 20.1 Å². The summed E-state index contributed by atoms with van der Waals surface area (Å²) in [6.45, 7) is 3.62. The van der Waals surface area contributed by atoms with Gasteiger partial charge in [-0.1, -0.05) is 0 Å². The number of morpholine rings is 1. The summed E-state index contributed by atoms with van der Waals surface area (Å²) in [6.07, 6.45) is -0.0918. The van der Waals surface area contributed by atoms with Crippen molar-refractivity contribution in [3.63, 3.8) is 0 Å². The number of carboxylic acid groups (broad SMARTS) is 1.